The number of nitrogens with zero attached hydrogens (tertiary/aromatic N) is 1. The highest BCUT2D eigenvalue weighted by molar-refractivity contribution is 5.56. The molecule has 0 aliphatic carbocycles. The summed E-state index contributed by atoms with van der Waals surface area (Å²) in [4.78, 5) is 2.32. The van der Waals surface area contributed by atoms with Crippen LogP contribution in [0.2, 0.25) is 0 Å². The molecule has 1 aliphatic rings. The molecule has 0 bridgehead atoms. The average molecular weight is 252 g/mol. The van der Waals surface area contributed by atoms with Gasteiger partial charge < -0.3 is 19.9 Å². The summed E-state index contributed by atoms with van der Waals surface area (Å²) in [6.07, 6.45) is 0. The normalized spacial score (nSPS) is 16.5. The van der Waals surface area contributed by atoms with Gasteiger partial charge in [0.25, 0.3) is 0 Å². The van der Waals surface area contributed by atoms with E-state index in [4.69, 9.17) is 19.9 Å². The summed E-state index contributed by atoms with van der Waals surface area (Å²) in [6, 6.07) is 5.46. The Morgan fingerprint density at radius 3 is 2.78 bits per heavy atom. The highest BCUT2D eigenvalue weighted by Gasteiger charge is 2.10. The Morgan fingerprint density at radius 2 is 2.11 bits per heavy atom. The minimum Gasteiger partial charge on any atom is -0.497 e. The quantitative estimate of drug-likeness (QED) is 0.792. The van der Waals surface area contributed by atoms with Crippen molar-refractivity contribution in [3.63, 3.8) is 0 Å². The second kappa shape index (κ2) is 6.47. The van der Waals surface area contributed by atoms with Gasteiger partial charge in [0.1, 0.15) is 18.1 Å². The lowest BCUT2D eigenvalue weighted by Gasteiger charge is -2.26. The summed E-state index contributed by atoms with van der Waals surface area (Å²) in [5.41, 5.74) is 6.49. The lowest BCUT2D eigenvalue weighted by molar-refractivity contribution is 0.0323. The van der Waals surface area contributed by atoms with Crippen LogP contribution in [0.3, 0.4) is 0 Å². The second-order valence-corrected chi connectivity index (χ2v) is 4.21. The van der Waals surface area contributed by atoms with E-state index in [0.717, 1.165) is 38.6 Å². The molecule has 0 radical (unpaired) electrons. The summed E-state index contributed by atoms with van der Waals surface area (Å²) < 4.78 is 16.1. The van der Waals surface area contributed by atoms with Gasteiger partial charge >= 0.3 is 0 Å². The predicted molar refractivity (Wildman–Crippen MR) is 70.2 cm³/mol. The Morgan fingerprint density at radius 1 is 1.33 bits per heavy atom. The molecule has 2 N–H and O–H groups in total. The number of benzene rings is 1. The van der Waals surface area contributed by atoms with Crippen LogP contribution in [0.4, 0.5) is 5.69 Å². The molecule has 1 fully saturated rings. The van der Waals surface area contributed by atoms with Crippen molar-refractivity contribution in [1.82, 2.24) is 4.90 Å². The highest BCUT2D eigenvalue weighted by Crippen LogP contribution is 2.26. The monoisotopic (exact) mass is 252 g/mol. The minimum atomic E-state index is 0.608. The van der Waals surface area contributed by atoms with Gasteiger partial charge in [0.05, 0.1) is 26.0 Å². The maximum absolute atomic E-state index is 5.88. The topological polar surface area (TPSA) is 57.0 Å². The van der Waals surface area contributed by atoms with Gasteiger partial charge in [-0.15, -0.1) is 0 Å². The van der Waals surface area contributed by atoms with Crippen LogP contribution < -0.4 is 15.2 Å². The first-order chi connectivity index (χ1) is 8.79. The number of ether oxygens (including phenoxy) is 3. The van der Waals surface area contributed by atoms with Crippen molar-refractivity contribution in [2.24, 2.45) is 0 Å². The molecule has 5 heteroatoms. The third kappa shape index (κ3) is 3.51. The molecular weight excluding hydrogens is 232 g/mol. The van der Waals surface area contributed by atoms with Crippen LogP contribution in [0.25, 0.3) is 0 Å². The molecule has 1 heterocycles. The summed E-state index contributed by atoms with van der Waals surface area (Å²) in [5.74, 6) is 1.46. The van der Waals surface area contributed by atoms with E-state index in [1.807, 2.05) is 12.1 Å². The van der Waals surface area contributed by atoms with Gasteiger partial charge in [-0.1, -0.05) is 0 Å². The zero-order chi connectivity index (χ0) is 12.8. The first-order valence-corrected chi connectivity index (χ1v) is 6.16. The molecule has 5 nitrogen and oxygen atoms in total. The summed E-state index contributed by atoms with van der Waals surface area (Å²) in [6.45, 7) is 5.10. The molecule has 0 saturated carbocycles. The minimum absolute atomic E-state index is 0.608. The van der Waals surface area contributed by atoms with Crippen LogP contribution in [-0.4, -0.2) is 51.5 Å². The van der Waals surface area contributed by atoms with Crippen molar-refractivity contribution in [1.29, 1.82) is 0 Å². The Balaban J connectivity index is 1.79. The average Bonchev–Trinajstić information content (AvgIpc) is 2.42. The molecule has 0 unspecified atom stereocenters. The van der Waals surface area contributed by atoms with Crippen LogP contribution >= 0.6 is 0 Å². The third-order valence-corrected chi connectivity index (χ3v) is 2.99. The summed E-state index contributed by atoms with van der Waals surface area (Å²) >= 11 is 0. The Labute approximate surface area is 107 Å². The van der Waals surface area contributed by atoms with Gasteiger partial charge in [-0.2, -0.15) is 0 Å². The highest BCUT2D eigenvalue weighted by atomic mass is 16.5. The molecular formula is C13H20N2O3. The van der Waals surface area contributed by atoms with E-state index >= 15 is 0 Å². The van der Waals surface area contributed by atoms with Crippen LogP contribution in [0, 0.1) is 0 Å². The summed E-state index contributed by atoms with van der Waals surface area (Å²) in [5, 5.41) is 0. The molecule has 2 rings (SSSR count). The molecule has 1 aliphatic heterocycles. The van der Waals surface area contributed by atoms with Crippen molar-refractivity contribution < 1.29 is 14.2 Å². The van der Waals surface area contributed by atoms with Crippen molar-refractivity contribution in [3.05, 3.63) is 18.2 Å². The smallest absolute Gasteiger partial charge is 0.142 e. The molecule has 1 aromatic carbocycles. The first kappa shape index (κ1) is 13.0. The van der Waals surface area contributed by atoms with Crippen molar-refractivity contribution in [2.75, 3.05) is 52.3 Å². The molecule has 100 valence electrons. The Bertz CT molecular complexity index is 378. The maximum Gasteiger partial charge on any atom is 0.142 e. The SMILES string of the molecule is COc1ccc(OCCN2CCOCC2)c(N)c1. The number of methoxy groups -OCH3 is 1. The van der Waals surface area contributed by atoms with E-state index in [-0.39, 0.29) is 0 Å². The Hall–Kier alpha value is -1.46. The zero-order valence-corrected chi connectivity index (χ0v) is 10.7. The lowest BCUT2D eigenvalue weighted by atomic mass is 10.3. The fourth-order valence-electron chi connectivity index (χ4n) is 1.89. The molecule has 1 aromatic rings. The van der Waals surface area contributed by atoms with Gasteiger partial charge in [-0.05, 0) is 12.1 Å². The van der Waals surface area contributed by atoms with Gasteiger partial charge in [0.2, 0.25) is 0 Å². The van der Waals surface area contributed by atoms with Crippen LogP contribution in [0.5, 0.6) is 11.5 Å². The number of nitrogens with two attached hydrogens (primary N) is 1. The zero-order valence-electron chi connectivity index (χ0n) is 10.7. The number of anilines is 1. The van der Waals surface area contributed by atoms with Gasteiger partial charge in [0, 0.05) is 25.7 Å². The van der Waals surface area contributed by atoms with Gasteiger partial charge in [-0.25, -0.2) is 0 Å². The fourth-order valence-corrected chi connectivity index (χ4v) is 1.89. The van der Waals surface area contributed by atoms with E-state index < -0.39 is 0 Å². The van der Waals surface area contributed by atoms with Crippen LogP contribution in [0.15, 0.2) is 18.2 Å². The van der Waals surface area contributed by atoms with Crippen LogP contribution in [-0.2, 0) is 4.74 Å². The van der Waals surface area contributed by atoms with Gasteiger partial charge in [-0.3, -0.25) is 4.90 Å². The van der Waals surface area contributed by atoms with E-state index in [2.05, 4.69) is 4.90 Å². The van der Waals surface area contributed by atoms with E-state index in [1.165, 1.54) is 0 Å². The number of hydrogen-bond acceptors (Lipinski definition) is 5. The summed E-state index contributed by atoms with van der Waals surface area (Å²) in [7, 11) is 1.62. The molecule has 0 amide bonds. The Kier molecular flexibility index (Phi) is 4.66. The molecule has 1 saturated heterocycles. The number of morpholine rings is 1. The fraction of sp³-hybridized carbons (Fsp3) is 0.538. The van der Waals surface area contributed by atoms with Crippen molar-refractivity contribution in [3.8, 4) is 11.5 Å². The van der Waals surface area contributed by atoms with E-state index in [1.54, 1.807) is 13.2 Å². The lowest BCUT2D eigenvalue weighted by Crippen LogP contribution is -2.38. The molecule has 18 heavy (non-hydrogen) atoms. The van der Waals surface area contributed by atoms with Crippen molar-refractivity contribution in [2.45, 2.75) is 0 Å². The third-order valence-electron chi connectivity index (χ3n) is 2.99. The number of nitrogen functional groups attached to an aromatic ring is 1. The standard InChI is InChI=1S/C13H20N2O3/c1-16-11-2-3-13(12(14)10-11)18-9-6-15-4-7-17-8-5-15/h2-3,10H,4-9,14H2,1H3. The van der Waals surface area contributed by atoms with Crippen molar-refractivity contribution >= 4 is 5.69 Å². The molecule has 0 spiro atoms. The van der Waals surface area contributed by atoms with Crippen LogP contribution in [0.1, 0.15) is 0 Å². The van der Waals surface area contributed by atoms with E-state index in [9.17, 15) is 0 Å². The molecule has 0 atom stereocenters. The van der Waals surface area contributed by atoms with Gasteiger partial charge in [0.15, 0.2) is 0 Å². The number of rotatable bonds is 5. The second-order valence-electron chi connectivity index (χ2n) is 4.21. The maximum atomic E-state index is 5.88. The largest absolute Gasteiger partial charge is 0.497 e. The predicted octanol–water partition coefficient (Wildman–Crippen LogP) is 0.988. The van der Waals surface area contributed by atoms with E-state index in [0.29, 0.717) is 18.0 Å². The number of hydrogen-bond donors (Lipinski definition) is 1. The molecule has 0 aromatic heterocycles. The first-order valence-electron chi connectivity index (χ1n) is 6.16.